The average molecular weight is 239 g/mol. The van der Waals surface area contributed by atoms with Crippen LogP contribution in [0, 0.1) is 0 Å². The molecule has 3 rings (SSSR count). The van der Waals surface area contributed by atoms with Crippen LogP contribution in [-0.4, -0.2) is 22.1 Å². The third-order valence-electron chi connectivity index (χ3n) is 2.87. The second-order valence-electron chi connectivity index (χ2n) is 4.03. The number of methoxy groups -OCH3 is 1. The highest BCUT2D eigenvalue weighted by atomic mass is 16.5. The first-order chi connectivity index (χ1) is 8.81. The molecule has 4 heteroatoms. The molecule has 0 radical (unpaired) electrons. The highest BCUT2D eigenvalue weighted by Gasteiger charge is 2.07. The van der Waals surface area contributed by atoms with Crippen molar-refractivity contribution < 1.29 is 4.74 Å². The number of rotatable bonds is 2. The molecule has 0 saturated heterocycles. The smallest absolute Gasteiger partial charge is 0.130 e. The van der Waals surface area contributed by atoms with E-state index in [0.29, 0.717) is 0 Å². The molecule has 0 fully saturated rings. The number of nitrogens with zero attached hydrogens (tertiary/aromatic N) is 2. The molecular formula is C14H13N3O. The Morgan fingerprint density at radius 3 is 3.00 bits per heavy atom. The van der Waals surface area contributed by atoms with Crippen LogP contribution in [0.15, 0.2) is 30.5 Å². The van der Waals surface area contributed by atoms with Gasteiger partial charge in [-0.15, -0.1) is 0 Å². The second-order valence-corrected chi connectivity index (χ2v) is 4.03. The summed E-state index contributed by atoms with van der Waals surface area (Å²) in [7, 11) is 1.65. The van der Waals surface area contributed by atoms with Crippen LogP contribution < -0.4 is 4.74 Å². The SMILES string of the molecule is C/C=C/c1nc2c(cnc3cc(OC)ccc32)[nH]1. The van der Waals surface area contributed by atoms with Gasteiger partial charge < -0.3 is 9.72 Å². The lowest BCUT2D eigenvalue weighted by Gasteiger charge is -2.01. The van der Waals surface area contributed by atoms with Crippen molar-refractivity contribution in [2.75, 3.05) is 7.11 Å². The lowest BCUT2D eigenvalue weighted by Crippen LogP contribution is -1.85. The van der Waals surface area contributed by atoms with E-state index in [-0.39, 0.29) is 0 Å². The van der Waals surface area contributed by atoms with E-state index in [9.17, 15) is 0 Å². The number of nitrogens with one attached hydrogen (secondary N) is 1. The maximum atomic E-state index is 5.20. The molecule has 0 aliphatic rings. The maximum Gasteiger partial charge on any atom is 0.130 e. The largest absolute Gasteiger partial charge is 0.497 e. The Hall–Kier alpha value is -2.36. The van der Waals surface area contributed by atoms with Crippen molar-refractivity contribution in [1.29, 1.82) is 0 Å². The van der Waals surface area contributed by atoms with Crippen LogP contribution in [0.2, 0.25) is 0 Å². The van der Waals surface area contributed by atoms with Crippen molar-refractivity contribution in [1.82, 2.24) is 15.0 Å². The molecule has 0 atom stereocenters. The molecule has 0 amide bonds. The maximum absolute atomic E-state index is 5.20. The monoisotopic (exact) mass is 239 g/mol. The molecule has 18 heavy (non-hydrogen) atoms. The summed E-state index contributed by atoms with van der Waals surface area (Å²) >= 11 is 0. The number of aromatic amines is 1. The molecular weight excluding hydrogens is 226 g/mol. The van der Waals surface area contributed by atoms with E-state index in [0.717, 1.165) is 33.5 Å². The summed E-state index contributed by atoms with van der Waals surface area (Å²) in [6.07, 6.45) is 5.70. The summed E-state index contributed by atoms with van der Waals surface area (Å²) in [4.78, 5) is 12.2. The number of imidazole rings is 1. The number of hydrogen-bond acceptors (Lipinski definition) is 3. The minimum Gasteiger partial charge on any atom is -0.497 e. The van der Waals surface area contributed by atoms with Crippen LogP contribution in [0.25, 0.3) is 28.0 Å². The number of pyridine rings is 1. The molecule has 4 nitrogen and oxygen atoms in total. The molecule has 90 valence electrons. The van der Waals surface area contributed by atoms with E-state index in [4.69, 9.17) is 4.74 Å². The molecule has 2 aromatic heterocycles. The normalized spacial score (nSPS) is 11.7. The van der Waals surface area contributed by atoms with E-state index in [2.05, 4.69) is 15.0 Å². The van der Waals surface area contributed by atoms with Gasteiger partial charge in [0.25, 0.3) is 0 Å². The number of benzene rings is 1. The summed E-state index contributed by atoms with van der Waals surface area (Å²) in [5.41, 5.74) is 2.77. The van der Waals surface area contributed by atoms with Crippen LogP contribution in [-0.2, 0) is 0 Å². The van der Waals surface area contributed by atoms with Crippen LogP contribution in [0.4, 0.5) is 0 Å². The van der Waals surface area contributed by atoms with Gasteiger partial charge in [0.2, 0.25) is 0 Å². The average Bonchev–Trinajstić information content (AvgIpc) is 2.81. The Labute approximate surface area is 104 Å². The van der Waals surface area contributed by atoms with Gasteiger partial charge in [-0.25, -0.2) is 4.98 Å². The van der Waals surface area contributed by atoms with E-state index >= 15 is 0 Å². The predicted molar refractivity (Wildman–Crippen MR) is 72.7 cm³/mol. The fraction of sp³-hybridized carbons (Fsp3) is 0.143. The number of hydrogen-bond donors (Lipinski definition) is 1. The highest BCUT2D eigenvalue weighted by molar-refractivity contribution is 6.02. The second kappa shape index (κ2) is 4.14. The van der Waals surface area contributed by atoms with E-state index < -0.39 is 0 Å². The van der Waals surface area contributed by atoms with Gasteiger partial charge in [0, 0.05) is 11.5 Å². The molecule has 0 aliphatic carbocycles. The van der Waals surface area contributed by atoms with Gasteiger partial charge in [-0.2, -0.15) is 0 Å². The van der Waals surface area contributed by atoms with E-state index in [1.165, 1.54) is 0 Å². The molecule has 0 aliphatic heterocycles. The molecule has 3 aromatic rings. The number of aromatic nitrogens is 3. The van der Waals surface area contributed by atoms with Gasteiger partial charge in [0.1, 0.15) is 11.6 Å². The van der Waals surface area contributed by atoms with Gasteiger partial charge in [0.15, 0.2) is 0 Å². The number of allylic oxidation sites excluding steroid dienone is 1. The molecule has 1 aromatic carbocycles. The van der Waals surface area contributed by atoms with Gasteiger partial charge in [-0.1, -0.05) is 6.08 Å². The third-order valence-corrected chi connectivity index (χ3v) is 2.87. The zero-order valence-electron chi connectivity index (χ0n) is 10.3. The summed E-state index contributed by atoms with van der Waals surface area (Å²) in [6.45, 7) is 1.97. The molecule has 2 heterocycles. The molecule has 0 bridgehead atoms. The number of ether oxygens (including phenoxy) is 1. The van der Waals surface area contributed by atoms with Crippen molar-refractivity contribution in [3.05, 3.63) is 36.3 Å². The van der Waals surface area contributed by atoms with Gasteiger partial charge in [-0.05, 0) is 25.1 Å². The lowest BCUT2D eigenvalue weighted by molar-refractivity contribution is 0.415. The quantitative estimate of drug-likeness (QED) is 0.747. The highest BCUT2D eigenvalue weighted by Crippen LogP contribution is 2.25. The first-order valence-corrected chi connectivity index (χ1v) is 5.77. The van der Waals surface area contributed by atoms with Crippen LogP contribution in [0.1, 0.15) is 12.7 Å². The molecule has 0 saturated carbocycles. The van der Waals surface area contributed by atoms with Crippen LogP contribution in [0.3, 0.4) is 0 Å². The van der Waals surface area contributed by atoms with E-state index in [1.54, 1.807) is 13.3 Å². The fourth-order valence-electron chi connectivity index (χ4n) is 2.02. The Kier molecular flexibility index (Phi) is 2.48. The van der Waals surface area contributed by atoms with Crippen molar-refractivity contribution >= 4 is 28.0 Å². The topological polar surface area (TPSA) is 50.8 Å². The summed E-state index contributed by atoms with van der Waals surface area (Å²) in [6, 6.07) is 5.83. The minimum atomic E-state index is 0.804. The summed E-state index contributed by atoms with van der Waals surface area (Å²) in [5, 5.41) is 1.03. The standard InChI is InChI=1S/C14H13N3O/c1-3-4-13-16-12-8-15-11-7-9(18-2)5-6-10(11)14(12)17-13/h3-8H,1-2H3,(H,16,17)/b4-3+. The van der Waals surface area contributed by atoms with Gasteiger partial charge in [0.05, 0.1) is 29.9 Å². The van der Waals surface area contributed by atoms with Crippen molar-refractivity contribution in [3.8, 4) is 5.75 Å². The molecule has 0 spiro atoms. The zero-order valence-corrected chi connectivity index (χ0v) is 10.3. The lowest BCUT2D eigenvalue weighted by atomic mass is 10.2. The Morgan fingerprint density at radius 1 is 1.33 bits per heavy atom. The fourth-order valence-corrected chi connectivity index (χ4v) is 2.02. The van der Waals surface area contributed by atoms with Gasteiger partial charge in [-0.3, -0.25) is 4.98 Å². The number of H-pyrrole nitrogens is 1. The first-order valence-electron chi connectivity index (χ1n) is 5.77. The van der Waals surface area contributed by atoms with Crippen LogP contribution >= 0.6 is 0 Å². The van der Waals surface area contributed by atoms with Crippen LogP contribution in [0.5, 0.6) is 5.75 Å². The third kappa shape index (κ3) is 1.62. The Balaban J connectivity index is 2.31. The Morgan fingerprint density at radius 2 is 2.22 bits per heavy atom. The van der Waals surface area contributed by atoms with Gasteiger partial charge >= 0.3 is 0 Å². The predicted octanol–water partition coefficient (Wildman–Crippen LogP) is 3.15. The first kappa shape index (κ1) is 10.8. The molecule has 0 unspecified atom stereocenters. The summed E-state index contributed by atoms with van der Waals surface area (Å²) in [5.74, 6) is 1.65. The van der Waals surface area contributed by atoms with Crippen molar-refractivity contribution in [3.63, 3.8) is 0 Å². The minimum absolute atomic E-state index is 0.804. The zero-order chi connectivity index (χ0) is 12.5. The number of fused-ring (bicyclic) bond motifs is 3. The Bertz CT molecular complexity index is 743. The van der Waals surface area contributed by atoms with Crippen molar-refractivity contribution in [2.24, 2.45) is 0 Å². The summed E-state index contributed by atoms with van der Waals surface area (Å²) < 4.78 is 5.20. The van der Waals surface area contributed by atoms with E-state index in [1.807, 2.05) is 37.3 Å². The van der Waals surface area contributed by atoms with Crippen molar-refractivity contribution in [2.45, 2.75) is 6.92 Å². The molecule has 1 N–H and O–H groups in total.